The third kappa shape index (κ3) is 5.03. The van der Waals surface area contributed by atoms with E-state index in [4.69, 9.17) is 23.2 Å². The summed E-state index contributed by atoms with van der Waals surface area (Å²) >= 11 is 13.7. The number of thiophene rings is 1. The molecule has 2 heterocycles. The van der Waals surface area contributed by atoms with Gasteiger partial charge in [-0.05, 0) is 48.2 Å². The van der Waals surface area contributed by atoms with Gasteiger partial charge >= 0.3 is 12.0 Å². The number of carboxylic acid groups (broad SMARTS) is 1. The summed E-state index contributed by atoms with van der Waals surface area (Å²) in [5.41, 5.74) is 2.39. The van der Waals surface area contributed by atoms with Crippen molar-refractivity contribution in [1.82, 2.24) is 9.78 Å². The lowest BCUT2D eigenvalue weighted by Crippen LogP contribution is -2.21. The quantitative estimate of drug-likeness (QED) is 0.273. The second-order valence-electron chi connectivity index (χ2n) is 7.14. The lowest BCUT2D eigenvalue weighted by atomic mass is 10.0. The standard InChI is InChI=1S/C23H18Cl2N4O3S/c1-13(22(30)31)14-7-9-15(10-8-14)29-20(12-18(28-29)19-6-3-11-33-19)27-23(32)26-17-5-2-4-16(24)21(17)25/h2-13H,1H3,(H,30,31)(H2,26,27,32). The average molecular weight is 501 g/mol. The van der Waals surface area contributed by atoms with Crippen LogP contribution in [0.3, 0.4) is 0 Å². The molecule has 0 saturated carbocycles. The Balaban J connectivity index is 1.65. The highest BCUT2D eigenvalue weighted by Crippen LogP contribution is 2.31. The molecule has 0 aliphatic carbocycles. The largest absolute Gasteiger partial charge is 0.481 e. The number of carbonyl (C=O) groups excluding carboxylic acids is 1. The van der Waals surface area contributed by atoms with Gasteiger partial charge in [-0.2, -0.15) is 5.10 Å². The van der Waals surface area contributed by atoms with Crippen LogP contribution in [0.2, 0.25) is 10.0 Å². The van der Waals surface area contributed by atoms with E-state index >= 15 is 0 Å². The van der Waals surface area contributed by atoms with Crippen LogP contribution in [0.25, 0.3) is 16.3 Å². The minimum absolute atomic E-state index is 0.241. The highest BCUT2D eigenvalue weighted by Gasteiger charge is 2.17. The van der Waals surface area contributed by atoms with Crippen molar-refractivity contribution in [3.63, 3.8) is 0 Å². The van der Waals surface area contributed by atoms with E-state index < -0.39 is 17.9 Å². The highest BCUT2D eigenvalue weighted by atomic mass is 35.5. The molecule has 0 spiro atoms. The lowest BCUT2D eigenvalue weighted by Gasteiger charge is -2.12. The fourth-order valence-corrected chi connectivity index (χ4v) is 4.16. The minimum Gasteiger partial charge on any atom is -0.481 e. The number of nitrogens with one attached hydrogen (secondary N) is 2. The van der Waals surface area contributed by atoms with Crippen LogP contribution in [-0.4, -0.2) is 26.9 Å². The van der Waals surface area contributed by atoms with Crippen LogP contribution in [0.5, 0.6) is 0 Å². The Hall–Kier alpha value is -3.33. The number of halogens is 2. The summed E-state index contributed by atoms with van der Waals surface area (Å²) in [6.45, 7) is 1.62. The van der Waals surface area contributed by atoms with Crippen molar-refractivity contribution >= 4 is 58.0 Å². The molecule has 1 atom stereocenters. The molecule has 2 amide bonds. The number of anilines is 2. The lowest BCUT2D eigenvalue weighted by molar-refractivity contribution is -0.138. The molecule has 0 aliphatic rings. The molecule has 0 bridgehead atoms. The van der Waals surface area contributed by atoms with Gasteiger partial charge in [0.1, 0.15) is 11.5 Å². The molecule has 2 aromatic heterocycles. The maximum Gasteiger partial charge on any atom is 0.324 e. The first kappa shape index (κ1) is 22.8. The number of benzene rings is 2. The van der Waals surface area contributed by atoms with E-state index in [1.807, 2.05) is 17.5 Å². The number of hydrogen-bond donors (Lipinski definition) is 3. The van der Waals surface area contributed by atoms with Crippen molar-refractivity contribution in [2.24, 2.45) is 0 Å². The summed E-state index contributed by atoms with van der Waals surface area (Å²) in [5.74, 6) is -1.11. The number of amides is 2. The van der Waals surface area contributed by atoms with Crippen LogP contribution in [0.4, 0.5) is 16.3 Å². The van der Waals surface area contributed by atoms with E-state index in [1.165, 1.54) is 11.3 Å². The van der Waals surface area contributed by atoms with Gasteiger partial charge in [0, 0.05) is 6.07 Å². The number of aliphatic carboxylic acids is 1. The van der Waals surface area contributed by atoms with Crippen LogP contribution in [0.1, 0.15) is 18.4 Å². The van der Waals surface area contributed by atoms with Gasteiger partial charge in [-0.3, -0.25) is 10.1 Å². The summed E-state index contributed by atoms with van der Waals surface area (Å²) in [6.07, 6.45) is 0. The van der Waals surface area contributed by atoms with E-state index in [0.717, 1.165) is 4.88 Å². The Labute approximate surface area is 203 Å². The second-order valence-corrected chi connectivity index (χ2v) is 8.87. The van der Waals surface area contributed by atoms with Gasteiger partial charge in [0.15, 0.2) is 0 Å². The zero-order chi connectivity index (χ0) is 23.5. The van der Waals surface area contributed by atoms with Crippen molar-refractivity contribution in [2.45, 2.75) is 12.8 Å². The van der Waals surface area contributed by atoms with E-state index in [2.05, 4.69) is 15.7 Å². The Kier molecular flexibility index (Phi) is 6.69. The third-order valence-corrected chi connectivity index (χ3v) is 6.64. The molecule has 4 aromatic rings. The molecule has 4 rings (SSSR count). The monoisotopic (exact) mass is 500 g/mol. The van der Waals surface area contributed by atoms with Crippen LogP contribution in [0, 0.1) is 0 Å². The van der Waals surface area contributed by atoms with Crippen LogP contribution in [0.15, 0.2) is 66.0 Å². The van der Waals surface area contributed by atoms with Crippen molar-refractivity contribution < 1.29 is 14.7 Å². The number of urea groups is 1. The van der Waals surface area contributed by atoms with Gasteiger partial charge in [0.25, 0.3) is 0 Å². The summed E-state index contributed by atoms with van der Waals surface area (Å²) in [5, 5.41) is 21.9. The van der Waals surface area contributed by atoms with Crippen molar-refractivity contribution in [3.8, 4) is 16.3 Å². The number of carbonyl (C=O) groups is 2. The molecule has 2 aromatic carbocycles. The Morgan fingerprint density at radius 2 is 1.82 bits per heavy atom. The predicted molar refractivity (Wildman–Crippen MR) is 132 cm³/mol. The van der Waals surface area contributed by atoms with Crippen molar-refractivity contribution in [2.75, 3.05) is 10.6 Å². The first-order valence-corrected chi connectivity index (χ1v) is 11.5. The van der Waals surface area contributed by atoms with E-state index in [0.29, 0.717) is 33.5 Å². The zero-order valence-electron chi connectivity index (χ0n) is 17.3. The summed E-state index contributed by atoms with van der Waals surface area (Å²) < 4.78 is 1.59. The average Bonchev–Trinajstić information content (AvgIpc) is 3.47. The highest BCUT2D eigenvalue weighted by molar-refractivity contribution is 7.13. The molecule has 0 saturated heterocycles. The third-order valence-electron chi connectivity index (χ3n) is 4.93. The molecule has 168 valence electrons. The minimum atomic E-state index is -0.902. The van der Waals surface area contributed by atoms with Gasteiger partial charge in [-0.25, -0.2) is 9.48 Å². The smallest absolute Gasteiger partial charge is 0.324 e. The number of hydrogen-bond acceptors (Lipinski definition) is 4. The summed E-state index contributed by atoms with van der Waals surface area (Å²) in [7, 11) is 0. The Morgan fingerprint density at radius 3 is 2.48 bits per heavy atom. The summed E-state index contributed by atoms with van der Waals surface area (Å²) in [6, 6.07) is 17.0. The number of aromatic nitrogens is 2. The predicted octanol–water partition coefficient (Wildman–Crippen LogP) is 6.74. The maximum atomic E-state index is 12.7. The Morgan fingerprint density at radius 1 is 1.06 bits per heavy atom. The Bertz CT molecular complexity index is 1300. The fourth-order valence-electron chi connectivity index (χ4n) is 3.13. The van der Waals surface area contributed by atoms with Crippen LogP contribution in [-0.2, 0) is 4.79 Å². The van der Waals surface area contributed by atoms with Gasteiger partial charge in [0.2, 0.25) is 0 Å². The van der Waals surface area contributed by atoms with E-state index in [9.17, 15) is 14.7 Å². The molecule has 0 aliphatic heterocycles. The van der Waals surface area contributed by atoms with Gasteiger partial charge in [-0.1, -0.05) is 47.5 Å². The molecular weight excluding hydrogens is 483 g/mol. The first-order chi connectivity index (χ1) is 15.8. The molecular formula is C23H18Cl2N4O3S. The normalized spacial score (nSPS) is 11.7. The molecule has 1 unspecified atom stereocenters. The second kappa shape index (κ2) is 9.66. The van der Waals surface area contributed by atoms with Crippen molar-refractivity contribution in [1.29, 1.82) is 0 Å². The van der Waals surface area contributed by atoms with E-state index in [-0.39, 0.29) is 5.02 Å². The fraction of sp³-hybridized carbons (Fsp3) is 0.0870. The number of carboxylic acids is 1. The van der Waals surface area contributed by atoms with Crippen LogP contribution < -0.4 is 10.6 Å². The SMILES string of the molecule is CC(C(=O)O)c1ccc(-n2nc(-c3cccs3)cc2NC(=O)Nc2cccc(Cl)c2Cl)cc1. The topological polar surface area (TPSA) is 96.2 Å². The van der Waals surface area contributed by atoms with Crippen LogP contribution >= 0.6 is 34.5 Å². The molecule has 0 radical (unpaired) electrons. The van der Waals surface area contributed by atoms with Gasteiger partial charge < -0.3 is 10.4 Å². The molecule has 0 fully saturated rings. The molecule has 7 nitrogen and oxygen atoms in total. The van der Waals surface area contributed by atoms with E-state index in [1.54, 1.807) is 60.1 Å². The molecule has 33 heavy (non-hydrogen) atoms. The maximum absolute atomic E-state index is 12.7. The van der Waals surface area contributed by atoms with Crippen molar-refractivity contribution in [3.05, 3.63) is 81.7 Å². The van der Waals surface area contributed by atoms with Gasteiger partial charge in [0.05, 0.1) is 32.2 Å². The number of nitrogens with zero attached hydrogens (tertiary/aromatic N) is 2. The summed E-state index contributed by atoms with van der Waals surface area (Å²) in [4.78, 5) is 24.9. The first-order valence-electron chi connectivity index (χ1n) is 9.82. The molecule has 3 N–H and O–H groups in total. The number of rotatable bonds is 6. The zero-order valence-corrected chi connectivity index (χ0v) is 19.6. The molecule has 10 heteroatoms. The van der Waals surface area contributed by atoms with Gasteiger partial charge in [-0.15, -0.1) is 11.3 Å².